The largest absolute Gasteiger partial charge is 0.444 e. The van der Waals surface area contributed by atoms with Gasteiger partial charge >= 0.3 is 12.3 Å². The van der Waals surface area contributed by atoms with Gasteiger partial charge in [0.15, 0.2) is 0 Å². The van der Waals surface area contributed by atoms with Crippen molar-refractivity contribution in [1.82, 2.24) is 4.90 Å². The molecule has 1 aliphatic heterocycles. The third kappa shape index (κ3) is 5.64. The summed E-state index contributed by atoms with van der Waals surface area (Å²) >= 11 is 0. The Morgan fingerprint density at radius 1 is 1.08 bits per heavy atom. The number of halogens is 3. The zero-order valence-corrected chi connectivity index (χ0v) is 15.0. The molecule has 144 valence electrons. The summed E-state index contributed by atoms with van der Waals surface area (Å²) in [6.07, 6.45) is -3.85. The lowest BCUT2D eigenvalue weighted by Gasteiger charge is -2.32. The molecule has 2 rings (SSSR count). The first-order valence-corrected chi connectivity index (χ1v) is 8.42. The highest BCUT2D eigenvalue weighted by Crippen LogP contribution is 2.30. The van der Waals surface area contributed by atoms with Crippen molar-refractivity contribution in [3.63, 3.8) is 0 Å². The fourth-order valence-corrected chi connectivity index (χ4v) is 2.64. The van der Waals surface area contributed by atoms with Gasteiger partial charge in [-0.1, -0.05) is 0 Å². The summed E-state index contributed by atoms with van der Waals surface area (Å²) in [5.74, 6) is -0.551. The van der Waals surface area contributed by atoms with Gasteiger partial charge in [-0.05, 0) is 57.9 Å². The summed E-state index contributed by atoms with van der Waals surface area (Å²) in [5, 5.41) is 2.63. The number of carbonyl (C=O) groups is 2. The number of carbonyl (C=O) groups excluding carboxylic acids is 2. The van der Waals surface area contributed by atoms with Gasteiger partial charge in [0.1, 0.15) is 5.60 Å². The first-order valence-electron chi connectivity index (χ1n) is 8.42. The number of nitrogens with one attached hydrogen (secondary N) is 1. The van der Waals surface area contributed by atoms with E-state index >= 15 is 0 Å². The predicted octanol–water partition coefficient (Wildman–Crippen LogP) is 4.29. The van der Waals surface area contributed by atoms with Crippen molar-refractivity contribution >= 4 is 17.7 Å². The smallest absolute Gasteiger partial charge is 0.416 e. The average molecular weight is 372 g/mol. The molecule has 1 aliphatic rings. The van der Waals surface area contributed by atoms with Gasteiger partial charge in [-0.15, -0.1) is 0 Å². The molecular formula is C18H23F3N2O3. The number of rotatable bonds is 2. The Bertz CT molecular complexity index is 643. The summed E-state index contributed by atoms with van der Waals surface area (Å²) in [4.78, 5) is 25.9. The van der Waals surface area contributed by atoms with Crippen molar-refractivity contribution in [1.29, 1.82) is 0 Å². The van der Waals surface area contributed by atoms with Crippen LogP contribution in [0.2, 0.25) is 0 Å². The fourth-order valence-electron chi connectivity index (χ4n) is 2.64. The van der Waals surface area contributed by atoms with Crippen LogP contribution in [0, 0.1) is 5.92 Å². The van der Waals surface area contributed by atoms with Crippen LogP contribution in [0.1, 0.15) is 39.2 Å². The predicted molar refractivity (Wildman–Crippen MR) is 90.6 cm³/mol. The lowest BCUT2D eigenvalue weighted by atomic mass is 9.96. The second kappa shape index (κ2) is 7.55. The lowest BCUT2D eigenvalue weighted by Crippen LogP contribution is -2.43. The molecule has 0 aliphatic carbocycles. The molecule has 0 unspecified atom stereocenters. The Morgan fingerprint density at radius 3 is 2.08 bits per heavy atom. The number of amides is 2. The topological polar surface area (TPSA) is 58.6 Å². The van der Waals surface area contributed by atoms with Gasteiger partial charge in [-0.2, -0.15) is 13.2 Å². The van der Waals surface area contributed by atoms with Crippen LogP contribution in [-0.2, 0) is 15.7 Å². The van der Waals surface area contributed by atoms with E-state index in [1.54, 1.807) is 25.7 Å². The number of hydrogen-bond acceptors (Lipinski definition) is 3. The zero-order valence-electron chi connectivity index (χ0n) is 15.0. The molecule has 1 fully saturated rings. The Balaban J connectivity index is 1.86. The van der Waals surface area contributed by atoms with Crippen LogP contribution in [0.3, 0.4) is 0 Å². The molecule has 0 atom stereocenters. The van der Waals surface area contributed by atoms with E-state index in [0.29, 0.717) is 31.6 Å². The molecule has 0 saturated carbocycles. The molecule has 26 heavy (non-hydrogen) atoms. The first kappa shape index (κ1) is 20.1. The molecule has 0 aromatic heterocycles. The summed E-state index contributed by atoms with van der Waals surface area (Å²) in [5.41, 5.74) is -1.02. The Morgan fingerprint density at radius 2 is 1.62 bits per heavy atom. The van der Waals surface area contributed by atoms with Crippen LogP contribution in [0.15, 0.2) is 24.3 Å². The number of likely N-dealkylation sites (tertiary alicyclic amines) is 1. The Labute approximate surface area is 150 Å². The molecule has 0 radical (unpaired) electrons. The summed E-state index contributed by atoms with van der Waals surface area (Å²) in [6.45, 7) is 6.17. The number of nitrogens with zero attached hydrogens (tertiary/aromatic N) is 1. The molecule has 1 N–H and O–H groups in total. The normalized spacial score (nSPS) is 16.3. The Kier molecular flexibility index (Phi) is 5.83. The quantitative estimate of drug-likeness (QED) is 0.842. The maximum absolute atomic E-state index is 12.5. The van der Waals surface area contributed by atoms with E-state index in [1.807, 2.05) is 0 Å². The zero-order chi connectivity index (χ0) is 19.5. The van der Waals surface area contributed by atoms with Crippen LogP contribution in [0.4, 0.5) is 23.7 Å². The second-order valence-corrected chi connectivity index (χ2v) is 7.31. The van der Waals surface area contributed by atoms with Crippen LogP contribution in [0.5, 0.6) is 0 Å². The highest BCUT2D eigenvalue weighted by atomic mass is 19.4. The molecule has 1 aromatic rings. The van der Waals surface area contributed by atoms with Crippen molar-refractivity contribution in [3.05, 3.63) is 29.8 Å². The van der Waals surface area contributed by atoms with E-state index in [-0.39, 0.29) is 11.8 Å². The van der Waals surface area contributed by atoms with Crippen LogP contribution < -0.4 is 5.32 Å². The third-order valence-corrected chi connectivity index (χ3v) is 4.00. The summed E-state index contributed by atoms with van der Waals surface area (Å²) in [7, 11) is 0. The minimum atomic E-state index is -4.41. The summed E-state index contributed by atoms with van der Waals surface area (Å²) < 4.78 is 42.9. The fraction of sp³-hybridized carbons (Fsp3) is 0.556. The van der Waals surface area contributed by atoms with Gasteiger partial charge in [0.2, 0.25) is 5.91 Å². The van der Waals surface area contributed by atoms with Crippen molar-refractivity contribution < 1.29 is 27.5 Å². The minimum Gasteiger partial charge on any atom is -0.444 e. The van der Waals surface area contributed by atoms with Crippen LogP contribution in [0.25, 0.3) is 0 Å². The molecule has 8 heteroatoms. The molecule has 0 spiro atoms. The van der Waals surface area contributed by atoms with E-state index < -0.39 is 23.4 Å². The average Bonchev–Trinajstić information content (AvgIpc) is 2.53. The number of anilines is 1. The number of alkyl halides is 3. The van der Waals surface area contributed by atoms with Crippen LogP contribution in [-0.4, -0.2) is 35.6 Å². The molecule has 1 aromatic carbocycles. The number of benzene rings is 1. The minimum absolute atomic E-state index is 0.256. The third-order valence-electron chi connectivity index (χ3n) is 4.00. The SMILES string of the molecule is CC(C)(C)OC(=O)N1CCC(C(=O)Nc2ccc(C(F)(F)F)cc2)CC1. The molecule has 5 nitrogen and oxygen atoms in total. The van der Waals surface area contributed by atoms with Gasteiger partial charge in [0.25, 0.3) is 0 Å². The number of hydrogen-bond donors (Lipinski definition) is 1. The van der Waals surface area contributed by atoms with E-state index in [4.69, 9.17) is 4.74 Å². The van der Waals surface area contributed by atoms with Crippen molar-refractivity contribution in [2.75, 3.05) is 18.4 Å². The highest BCUT2D eigenvalue weighted by Gasteiger charge is 2.31. The summed E-state index contributed by atoms with van der Waals surface area (Å²) in [6, 6.07) is 4.33. The van der Waals surface area contributed by atoms with E-state index in [0.717, 1.165) is 12.1 Å². The molecule has 2 amide bonds. The lowest BCUT2D eigenvalue weighted by molar-refractivity contribution is -0.137. The van der Waals surface area contributed by atoms with E-state index in [2.05, 4.69) is 5.32 Å². The van der Waals surface area contributed by atoms with E-state index in [1.165, 1.54) is 12.1 Å². The van der Waals surface area contributed by atoms with Gasteiger partial charge in [-0.3, -0.25) is 4.79 Å². The van der Waals surface area contributed by atoms with Gasteiger partial charge in [0.05, 0.1) is 5.56 Å². The van der Waals surface area contributed by atoms with Crippen molar-refractivity contribution in [2.45, 2.75) is 45.4 Å². The highest BCUT2D eigenvalue weighted by molar-refractivity contribution is 5.92. The van der Waals surface area contributed by atoms with E-state index in [9.17, 15) is 22.8 Å². The maximum Gasteiger partial charge on any atom is 0.416 e. The van der Waals surface area contributed by atoms with Crippen molar-refractivity contribution in [3.8, 4) is 0 Å². The van der Waals surface area contributed by atoms with Gasteiger partial charge in [-0.25, -0.2) is 4.79 Å². The van der Waals surface area contributed by atoms with Crippen LogP contribution >= 0.6 is 0 Å². The standard InChI is InChI=1S/C18H23F3N2O3/c1-17(2,3)26-16(25)23-10-8-12(9-11-23)15(24)22-14-6-4-13(5-7-14)18(19,20)21/h4-7,12H,8-11H2,1-3H3,(H,22,24). The van der Waals surface area contributed by atoms with Gasteiger partial charge < -0.3 is 15.0 Å². The first-order chi connectivity index (χ1) is 12.0. The molecule has 0 bridgehead atoms. The number of ether oxygens (including phenoxy) is 1. The second-order valence-electron chi connectivity index (χ2n) is 7.31. The maximum atomic E-state index is 12.5. The monoisotopic (exact) mass is 372 g/mol. The Hall–Kier alpha value is -2.25. The molecule has 1 saturated heterocycles. The number of piperidine rings is 1. The molecular weight excluding hydrogens is 349 g/mol. The van der Waals surface area contributed by atoms with Crippen molar-refractivity contribution in [2.24, 2.45) is 5.92 Å². The van der Waals surface area contributed by atoms with Gasteiger partial charge in [0, 0.05) is 24.7 Å². The molecule has 1 heterocycles.